The summed E-state index contributed by atoms with van der Waals surface area (Å²) >= 11 is 1.65. The number of alkyl carbamates (subject to hydrolysis) is 1. The first-order valence-electron chi connectivity index (χ1n) is 16.6. The zero-order chi connectivity index (χ0) is 33.8. The highest BCUT2D eigenvalue weighted by Crippen LogP contribution is 2.20. The summed E-state index contributed by atoms with van der Waals surface area (Å²) in [7, 11) is 1.92. The molecule has 256 valence electrons. The van der Waals surface area contributed by atoms with Gasteiger partial charge in [0.25, 0.3) is 0 Å². The number of rotatable bonds is 17. The van der Waals surface area contributed by atoms with Crippen LogP contribution in [0.25, 0.3) is 0 Å². The first-order chi connectivity index (χ1) is 22.6. The van der Waals surface area contributed by atoms with Gasteiger partial charge in [-0.1, -0.05) is 88.4 Å². The van der Waals surface area contributed by atoms with E-state index in [1.54, 1.807) is 11.3 Å². The summed E-state index contributed by atoms with van der Waals surface area (Å²) in [4.78, 5) is 31.5. The number of carbonyl (C=O) groups is 2. The van der Waals surface area contributed by atoms with Gasteiger partial charge < -0.3 is 25.2 Å². The normalized spacial score (nSPS) is 17.4. The molecule has 0 spiro atoms. The van der Waals surface area contributed by atoms with Crippen molar-refractivity contribution < 1.29 is 24.2 Å². The number of hydrogen-bond donors (Lipinski definition) is 4. The second-order valence-electron chi connectivity index (χ2n) is 13.1. The van der Waals surface area contributed by atoms with Gasteiger partial charge in [-0.25, -0.2) is 20.2 Å². The fourth-order valence-corrected chi connectivity index (χ4v) is 6.46. The lowest BCUT2D eigenvalue weighted by atomic mass is 9.93. The maximum atomic E-state index is 13.9. The van der Waals surface area contributed by atoms with Crippen LogP contribution in [0.15, 0.2) is 66.0 Å². The molecule has 11 heteroatoms. The largest absolute Gasteiger partial charge is 0.444 e. The van der Waals surface area contributed by atoms with E-state index in [2.05, 4.69) is 35.3 Å². The highest BCUT2D eigenvalue weighted by atomic mass is 32.1. The van der Waals surface area contributed by atoms with E-state index in [0.29, 0.717) is 44.9 Å². The van der Waals surface area contributed by atoms with Crippen LogP contribution in [0.3, 0.4) is 0 Å². The summed E-state index contributed by atoms with van der Waals surface area (Å²) in [6.45, 7) is 9.75. The number of aromatic nitrogens is 1. The molecule has 0 bridgehead atoms. The molecule has 4 N–H and O–H groups in total. The van der Waals surface area contributed by atoms with Gasteiger partial charge in [0.1, 0.15) is 12.1 Å². The van der Waals surface area contributed by atoms with Crippen molar-refractivity contribution in [3.05, 3.63) is 87.9 Å². The molecule has 1 aliphatic rings. The molecule has 1 fully saturated rings. The molecule has 0 aliphatic carbocycles. The number of hydrazine groups is 1. The SMILES string of the molecule is CC(C)c1nc(CN(C)N[C@H](C(=O)N[C@@H](Cc2ccccc2)C[C@H](O)[C@H](Cc2ccccc2)NC(=O)O[C@@H]2CCOC2)C(C)C)cs1. The summed E-state index contributed by atoms with van der Waals surface area (Å²) in [5.74, 6) is 0.200. The molecule has 1 saturated heterocycles. The molecule has 1 aromatic heterocycles. The number of benzene rings is 2. The molecule has 0 unspecified atom stereocenters. The molecule has 4 rings (SSSR count). The second-order valence-corrected chi connectivity index (χ2v) is 14.0. The summed E-state index contributed by atoms with van der Waals surface area (Å²) in [6, 6.07) is 18.1. The summed E-state index contributed by atoms with van der Waals surface area (Å²) in [5, 5.41) is 22.9. The van der Waals surface area contributed by atoms with Crippen molar-refractivity contribution in [3.8, 4) is 0 Å². The predicted octanol–water partition coefficient (Wildman–Crippen LogP) is 4.83. The van der Waals surface area contributed by atoms with Crippen molar-refractivity contribution in [1.82, 2.24) is 26.1 Å². The van der Waals surface area contributed by atoms with Gasteiger partial charge in [-0.15, -0.1) is 11.3 Å². The molecule has 1 aliphatic heterocycles. The Bertz CT molecular complexity index is 1370. The van der Waals surface area contributed by atoms with E-state index in [4.69, 9.17) is 14.5 Å². The quantitative estimate of drug-likeness (QED) is 0.151. The molecule has 0 radical (unpaired) electrons. The third-order valence-electron chi connectivity index (χ3n) is 8.20. The zero-order valence-electron chi connectivity index (χ0n) is 28.2. The summed E-state index contributed by atoms with van der Waals surface area (Å²) in [6.07, 6.45) is -0.0679. The molecular weight excluding hydrogens is 614 g/mol. The van der Waals surface area contributed by atoms with E-state index in [1.165, 1.54) is 0 Å². The zero-order valence-corrected chi connectivity index (χ0v) is 29.0. The number of hydrogen-bond acceptors (Lipinski definition) is 9. The molecule has 10 nitrogen and oxygen atoms in total. The molecule has 2 amide bonds. The minimum Gasteiger partial charge on any atom is -0.444 e. The lowest BCUT2D eigenvalue weighted by Crippen LogP contribution is -2.56. The maximum absolute atomic E-state index is 13.9. The van der Waals surface area contributed by atoms with Gasteiger partial charge in [0.2, 0.25) is 5.91 Å². The third kappa shape index (κ3) is 12.0. The Hall–Kier alpha value is -3.35. The molecule has 0 saturated carbocycles. The Kier molecular flexibility index (Phi) is 14.2. The first kappa shape index (κ1) is 36.5. The molecule has 2 heterocycles. The number of carbonyl (C=O) groups excluding carboxylic acids is 2. The standard InChI is InChI=1S/C36H51N5O5S/c1-24(2)33(40-41(5)21-29-23-47-35(38-29)25(3)4)34(43)37-28(18-26-12-8-6-9-13-26)20-32(42)31(19-27-14-10-7-11-15-27)39-36(44)46-30-16-17-45-22-30/h6-15,23-25,28,30-33,40,42H,16-22H2,1-5H3,(H,37,43)(H,39,44)/t28-,30+,31-,32-,33-/m0/s1. The van der Waals surface area contributed by atoms with Crippen molar-refractivity contribution in [2.75, 3.05) is 20.3 Å². The topological polar surface area (TPSA) is 125 Å². The fourth-order valence-electron chi connectivity index (χ4n) is 5.63. The number of thiazole rings is 1. The van der Waals surface area contributed by atoms with Crippen LogP contribution >= 0.6 is 11.3 Å². The molecule has 2 aromatic carbocycles. The first-order valence-corrected chi connectivity index (χ1v) is 17.5. The third-order valence-corrected chi connectivity index (χ3v) is 9.39. The fraction of sp³-hybridized carbons (Fsp3) is 0.528. The van der Waals surface area contributed by atoms with Gasteiger partial charge in [0, 0.05) is 30.8 Å². The molecule has 47 heavy (non-hydrogen) atoms. The second kappa shape index (κ2) is 18.3. The van der Waals surface area contributed by atoms with E-state index >= 15 is 0 Å². The van der Waals surface area contributed by atoms with E-state index in [-0.39, 0.29) is 24.3 Å². The van der Waals surface area contributed by atoms with E-state index in [1.807, 2.05) is 86.6 Å². The Morgan fingerprint density at radius 1 is 1.02 bits per heavy atom. The number of nitrogens with one attached hydrogen (secondary N) is 3. The van der Waals surface area contributed by atoms with Crippen LogP contribution in [-0.4, -0.2) is 77.7 Å². The average Bonchev–Trinajstić information content (AvgIpc) is 3.73. The predicted molar refractivity (Wildman–Crippen MR) is 185 cm³/mol. The van der Waals surface area contributed by atoms with Gasteiger partial charge >= 0.3 is 6.09 Å². The monoisotopic (exact) mass is 665 g/mol. The molecule has 5 atom stereocenters. The lowest BCUT2D eigenvalue weighted by Gasteiger charge is -2.31. The van der Waals surface area contributed by atoms with Crippen molar-refractivity contribution in [1.29, 1.82) is 0 Å². The summed E-state index contributed by atoms with van der Waals surface area (Å²) in [5.41, 5.74) is 6.34. The minimum atomic E-state index is -0.968. The number of amides is 2. The van der Waals surface area contributed by atoms with Crippen LogP contribution in [0.4, 0.5) is 4.79 Å². The Labute approximate surface area is 283 Å². The molecular formula is C36H51N5O5S. The Morgan fingerprint density at radius 3 is 2.26 bits per heavy atom. The van der Waals surface area contributed by atoms with Crippen LogP contribution < -0.4 is 16.1 Å². The van der Waals surface area contributed by atoms with Crippen molar-refractivity contribution in [2.45, 2.75) is 96.2 Å². The van der Waals surface area contributed by atoms with Gasteiger partial charge in [-0.2, -0.15) is 0 Å². The smallest absolute Gasteiger partial charge is 0.407 e. The number of nitrogens with zero attached hydrogens (tertiary/aromatic N) is 2. The van der Waals surface area contributed by atoms with Crippen LogP contribution in [-0.2, 0) is 33.7 Å². The molecule has 3 aromatic rings. The Balaban J connectivity index is 1.47. The van der Waals surface area contributed by atoms with Crippen molar-refractivity contribution in [2.24, 2.45) is 5.92 Å². The van der Waals surface area contributed by atoms with E-state index in [9.17, 15) is 14.7 Å². The number of aliphatic hydroxyl groups is 1. The van der Waals surface area contributed by atoms with Crippen LogP contribution in [0.5, 0.6) is 0 Å². The van der Waals surface area contributed by atoms with Gasteiger partial charge in [0.15, 0.2) is 0 Å². The van der Waals surface area contributed by atoms with Gasteiger partial charge in [-0.3, -0.25) is 4.79 Å². The van der Waals surface area contributed by atoms with Crippen LogP contribution in [0, 0.1) is 5.92 Å². The van der Waals surface area contributed by atoms with Gasteiger partial charge in [0.05, 0.1) is 42.6 Å². The highest BCUT2D eigenvalue weighted by Gasteiger charge is 2.31. The summed E-state index contributed by atoms with van der Waals surface area (Å²) < 4.78 is 10.9. The van der Waals surface area contributed by atoms with Crippen molar-refractivity contribution in [3.63, 3.8) is 0 Å². The van der Waals surface area contributed by atoms with E-state index < -0.39 is 30.3 Å². The van der Waals surface area contributed by atoms with Crippen molar-refractivity contribution >= 4 is 23.3 Å². The van der Waals surface area contributed by atoms with Crippen LogP contribution in [0.2, 0.25) is 0 Å². The van der Waals surface area contributed by atoms with Crippen LogP contribution in [0.1, 0.15) is 68.3 Å². The maximum Gasteiger partial charge on any atom is 0.407 e. The number of aliphatic hydroxyl groups excluding tert-OH is 1. The van der Waals surface area contributed by atoms with Gasteiger partial charge in [-0.05, 0) is 36.3 Å². The lowest BCUT2D eigenvalue weighted by molar-refractivity contribution is -0.126. The highest BCUT2D eigenvalue weighted by molar-refractivity contribution is 7.09. The van der Waals surface area contributed by atoms with E-state index in [0.717, 1.165) is 21.8 Å². The Morgan fingerprint density at radius 2 is 1.68 bits per heavy atom. The number of ether oxygens (including phenoxy) is 2. The average molecular weight is 666 g/mol. The minimum absolute atomic E-state index is 0.0109.